The molecule has 1 N–H and O–H groups in total. The molecular formula is C19H24N6O4. The number of fused-ring (bicyclic) bond motifs is 1. The van der Waals surface area contributed by atoms with E-state index in [2.05, 4.69) is 20.5 Å². The minimum absolute atomic E-state index is 0.192. The van der Waals surface area contributed by atoms with Crippen LogP contribution in [0.4, 0.5) is 22.8 Å². The van der Waals surface area contributed by atoms with Crippen molar-refractivity contribution in [2.45, 2.75) is 33.3 Å². The highest BCUT2D eigenvalue weighted by Crippen LogP contribution is 2.24. The third-order valence-corrected chi connectivity index (χ3v) is 4.37. The van der Waals surface area contributed by atoms with Crippen molar-refractivity contribution >= 4 is 35.2 Å². The average Bonchev–Trinajstić information content (AvgIpc) is 3.27. The highest BCUT2D eigenvalue weighted by Gasteiger charge is 2.27. The van der Waals surface area contributed by atoms with Gasteiger partial charge in [0.05, 0.1) is 0 Å². The molecule has 29 heavy (non-hydrogen) atoms. The number of oxazole rings is 1. The van der Waals surface area contributed by atoms with Crippen molar-refractivity contribution in [2.24, 2.45) is 0 Å². The second-order valence-corrected chi connectivity index (χ2v) is 7.96. The lowest BCUT2D eigenvalue weighted by Gasteiger charge is -2.34. The van der Waals surface area contributed by atoms with Gasteiger partial charge in [-0.25, -0.2) is 4.79 Å². The van der Waals surface area contributed by atoms with E-state index < -0.39 is 5.60 Å². The predicted octanol–water partition coefficient (Wildman–Crippen LogP) is 3.32. The number of carbonyl (C=O) groups is 1. The lowest BCUT2D eigenvalue weighted by molar-refractivity contribution is 0.0239. The summed E-state index contributed by atoms with van der Waals surface area (Å²) in [6.45, 7) is 9.74. The second-order valence-electron chi connectivity index (χ2n) is 7.96. The van der Waals surface area contributed by atoms with Gasteiger partial charge in [0.2, 0.25) is 0 Å². The first-order valence-corrected chi connectivity index (χ1v) is 9.47. The lowest BCUT2D eigenvalue weighted by atomic mass is 10.2. The van der Waals surface area contributed by atoms with Crippen LogP contribution in [0.3, 0.4) is 0 Å². The van der Waals surface area contributed by atoms with Crippen molar-refractivity contribution in [3.05, 3.63) is 23.8 Å². The number of carbonyl (C=O) groups excluding carboxylic acids is 1. The Morgan fingerprint density at radius 3 is 2.59 bits per heavy atom. The van der Waals surface area contributed by atoms with Gasteiger partial charge in [-0.05, 0) is 45.4 Å². The average molecular weight is 400 g/mol. The van der Waals surface area contributed by atoms with Gasteiger partial charge < -0.3 is 23.4 Å². The summed E-state index contributed by atoms with van der Waals surface area (Å²) in [7, 11) is 0. The number of ether oxygens (including phenoxy) is 1. The van der Waals surface area contributed by atoms with Gasteiger partial charge in [0, 0.05) is 26.2 Å². The Kier molecular flexibility index (Phi) is 4.77. The van der Waals surface area contributed by atoms with E-state index in [4.69, 9.17) is 13.6 Å². The van der Waals surface area contributed by atoms with E-state index in [0.717, 1.165) is 11.1 Å². The number of hydrogen-bond donors (Lipinski definition) is 1. The highest BCUT2D eigenvalue weighted by molar-refractivity contribution is 5.75. The number of piperazine rings is 1. The Hall–Kier alpha value is -3.30. The highest BCUT2D eigenvalue weighted by atomic mass is 16.6. The number of anilines is 3. The molecule has 0 radical (unpaired) electrons. The zero-order chi connectivity index (χ0) is 20.6. The summed E-state index contributed by atoms with van der Waals surface area (Å²) in [6.07, 6.45) is -0.309. The van der Waals surface area contributed by atoms with Crippen molar-refractivity contribution in [3.63, 3.8) is 0 Å². The maximum atomic E-state index is 12.2. The summed E-state index contributed by atoms with van der Waals surface area (Å²) in [5.41, 5.74) is 2.02. The largest absolute Gasteiger partial charge is 0.444 e. The molecule has 3 heterocycles. The molecule has 1 aliphatic rings. The molecule has 0 bridgehead atoms. The molecule has 1 amide bonds. The molecule has 1 fully saturated rings. The van der Waals surface area contributed by atoms with Crippen LogP contribution in [0.2, 0.25) is 0 Å². The van der Waals surface area contributed by atoms with Crippen molar-refractivity contribution in [3.8, 4) is 0 Å². The molecule has 10 heteroatoms. The minimum atomic E-state index is -0.509. The number of rotatable bonds is 3. The molecule has 4 rings (SSSR count). The van der Waals surface area contributed by atoms with Crippen molar-refractivity contribution < 1.29 is 18.4 Å². The van der Waals surface area contributed by atoms with Crippen LogP contribution in [-0.2, 0) is 4.74 Å². The van der Waals surface area contributed by atoms with Gasteiger partial charge in [-0.15, -0.1) is 0 Å². The van der Waals surface area contributed by atoms with Crippen LogP contribution in [0.1, 0.15) is 26.3 Å². The van der Waals surface area contributed by atoms with E-state index in [9.17, 15) is 4.79 Å². The van der Waals surface area contributed by atoms with Crippen LogP contribution in [0.5, 0.6) is 0 Å². The molecule has 1 aliphatic heterocycles. The summed E-state index contributed by atoms with van der Waals surface area (Å²) in [4.78, 5) is 20.1. The maximum absolute atomic E-state index is 12.2. The van der Waals surface area contributed by atoms with Crippen LogP contribution in [0, 0.1) is 6.92 Å². The van der Waals surface area contributed by atoms with Crippen LogP contribution >= 0.6 is 0 Å². The first kappa shape index (κ1) is 19.0. The molecule has 0 aliphatic carbocycles. The van der Waals surface area contributed by atoms with Crippen LogP contribution in [-0.4, -0.2) is 58.0 Å². The van der Waals surface area contributed by atoms with E-state index in [1.807, 2.05) is 50.8 Å². The third kappa shape index (κ3) is 4.41. The van der Waals surface area contributed by atoms with E-state index in [0.29, 0.717) is 37.8 Å². The summed E-state index contributed by atoms with van der Waals surface area (Å²) in [5, 5.41) is 11.0. The molecule has 0 atom stereocenters. The first-order chi connectivity index (χ1) is 13.8. The lowest BCUT2D eigenvalue weighted by Crippen LogP contribution is -2.50. The second kappa shape index (κ2) is 7.26. The number of benzene rings is 1. The Labute approximate surface area is 167 Å². The van der Waals surface area contributed by atoms with Crippen molar-refractivity contribution in [1.29, 1.82) is 0 Å². The number of nitrogens with one attached hydrogen (secondary N) is 1. The molecule has 1 saturated heterocycles. The third-order valence-electron chi connectivity index (χ3n) is 4.37. The summed E-state index contributed by atoms with van der Waals surface area (Å²) in [6, 6.07) is 6.62. The fourth-order valence-electron chi connectivity index (χ4n) is 2.98. The number of nitrogens with zero attached hydrogens (tertiary/aromatic N) is 5. The quantitative estimate of drug-likeness (QED) is 0.708. The molecular weight excluding hydrogens is 376 g/mol. The molecule has 10 nitrogen and oxygen atoms in total. The van der Waals surface area contributed by atoms with Crippen LogP contribution < -0.4 is 10.2 Å². The summed E-state index contributed by atoms with van der Waals surface area (Å²) < 4.78 is 16.7. The van der Waals surface area contributed by atoms with Gasteiger partial charge >= 0.3 is 24.1 Å². The van der Waals surface area contributed by atoms with E-state index in [1.165, 1.54) is 0 Å². The smallest absolute Gasteiger partial charge is 0.410 e. The molecule has 2 aromatic heterocycles. The number of hydrogen-bond acceptors (Lipinski definition) is 9. The zero-order valence-corrected chi connectivity index (χ0v) is 16.9. The monoisotopic (exact) mass is 400 g/mol. The van der Waals surface area contributed by atoms with Crippen molar-refractivity contribution in [2.75, 3.05) is 36.4 Å². The van der Waals surface area contributed by atoms with Crippen LogP contribution in [0.25, 0.3) is 11.1 Å². The fourth-order valence-corrected chi connectivity index (χ4v) is 2.98. The van der Waals surface area contributed by atoms with E-state index >= 15 is 0 Å². The topological polar surface area (TPSA) is 110 Å². The number of aromatic nitrogens is 3. The van der Waals surface area contributed by atoms with Gasteiger partial charge in [0.1, 0.15) is 11.1 Å². The van der Waals surface area contributed by atoms with Gasteiger partial charge in [-0.2, -0.15) is 4.98 Å². The summed E-state index contributed by atoms with van der Waals surface area (Å²) in [5.74, 6) is 0. The normalized spacial score (nSPS) is 15.0. The summed E-state index contributed by atoms with van der Waals surface area (Å²) >= 11 is 0. The van der Waals surface area contributed by atoms with E-state index in [-0.39, 0.29) is 18.1 Å². The van der Waals surface area contributed by atoms with Gasteiger partial charge in [-0.3, -0.25) is 5.32 Å². The van der Waals surface area contributed by atoms with Gasteiger partial charge in [-0.1, -0.05) is 16.3 Å². The van der Waals surface area contributed by atoms with Crippen molar-refractivity contribution in [1.82, 2.24) is 20.1 Å². The molecule has 0 unspecified atom stereocenters. The molecule has 0 saturated carbocycles. The Morgan fingerprint density at radius 1 is 1.10 bits per heavy atom. The zero-order valence-electron chi connectivity index (χ0n) is 16.9. The predicted molar refractivity (Wildman–Crippen MR) is 106 cm³/mol. The van der Waals surface area contributed by atoms with Crippen LogP contribution in [0.15, 0.2) is 27.0 Å². The molecule has 0 spiro atoms. The SMILES string of the molecule is Cc1ccc2oc(Nc3nnc(N4CCN(C(=O)OC(C)(C)C)CC4)o3)nc2c1. The molecule has 3 aromatic rings. The maximum Gasteiger partial charge on any atom is 0.410 e. The molecule has 1 aromatic carbocycles. The Morgan fingerprint density at radius 2 is 1.86 bits per heavy atom. The van der Waals surface area contributed by atoms with Gasteiger partial charge in [0.25, 0.3) is 0 Å². The van der Waals surface area contributed by atoms with Gasteiger partial charge in [0.15, 0.2) is 5.58 Å². The number of aryl methyl sites for hydroxylation is 1. The number of amides is 1. The Bertz CT molecular complexity index is 1010. The Balaban J connectivity index is 1.36. The fraction of sp³-hybridized carbons (Fsp3) is 0.474. The minimum Gasteiger partial charge on any atom is -0.444 e. The van der Waals surface area contributed by atoms with E-state index in [1.54, 1.807) is 4.90 Å². The first-order valence-electron chi connectivity index (χ1n) is 9.47. The standard InChI is InChI=1S/C19H24N6O4/c1-12-5-6-14-13(11-12)20-15(27-14)21-16-22-23-17(28-16)24-7-9-25(10-8-24)18(26)29-19(2,3)4/h5-6,11H,7-10H2,1-4H3,(H,20,21,22). The molecule has 154 valence electrons.